The van der Waals surface area contributed by atoms with Crippen molar-refractivity contribution in [3.63, 3.8) is 0 Å². The van der Waals surface area contributed by atoms with Crippen LogP contribution in [0.1, 0.15) is 12.8 Å². The first kappa shape index (κ1) is 7.81. The fourth-order valence-corrected chi connectivity index (χ4v) is 1.91. The summed E-state index contributed by atoms with van der Waals surface area (Å²) in [5, 5.41) is 9.64. The third-order valence-corrected chi connectivity index (χ3v) is 2.76. The lowest BCUT2D eigenvalue weighted by Crippen LogP contribution is -2.15. The third-order valence-electron chi connectivity index (χ3n) is 1.93. The first-order valence-electron chi connectivity index (χ1n) is 3.49. The average molecular weight is 200 g/mol. The van der Waals surface area contributed by atoms with Crippen LogP contribution in [-0.2, 0) is 0 Å². The summed E-state index contributed by atoms with van der Waals surface area (Å²) in [6, 6.07) is 2.32. The number of alkyl halides is 1. The molecule has 0 fully saturated rings. The Morgan fingerprint density at radius 3 is 2.70 bits per heavy atom. The zero-order valence-corrected chi connectivity index (χ0v) is 7.34. The van der Waals surface area contributed by atoms with E-state index in [4.69, 9.17) is 5.26 Å². The molecule has 0 aromatic rings. The van der Waals surface area contributed by atoms with E-state index in [1.165, 1.54) is 0 Å². The second-order valence-corrected chi connectivity index (χ2v) is 3.24. The Kier molecular flexibility index (Phi) is 2.95. The lowest BCUT2D eigenvalue weighted by Gasteiger charge is -2.20. The quantitative estimate of drug-likeness (QED) is 0.471. The highest BCUT2D eigenvalue weighted by molar-refractivity contribution is 9.09. The maximum absolute atomic E-state index is 8.69. The highest BCUT2D eigenvalue weighted by Gasteiger charge is 2.20. The molecule has 0 aromatic carbocycles. The van der Waals surface area contributed by atoms with Crippen molar-refractivity contribution in [2.45, 2.75) is 12.8 Å². The van der Waals surface area contributed by atoms with E-state index in [2.05, 4.69) is 34.2 Å². The van der Waals surface area contributed by atoms with E-state index in [1.807, 2.05) is 0 Å². The van der Waals surface area contributed by atoms with Gasteiger partial charge in [0.15, 0.2) is 0 Å². The van der Waals surface area contributed by atoms with E-state index < -0.39 is 0 Å². The molecule has 1 aliphatic carbocycles. The fraction of sp³-hybridized carbons (Fsp3) is 0.625. The molecule has 2 atom stereocenters. The van der Waals surface area contributed by atoms with Gasteiger partial charge in [-0.25, -0.2) is 0 Å². The third kappa shape index (κ3) is 1.60. The lowest BCUT2D eigenvalue weighted by molar-refractivity contribution is 0.439. The molecule has 2 heteroatoms. The predicted molar refractivity (Wildman–Crippen MR) is 44.8 cm³/mol. The Balaban J connectivity index is 2.55. The summed E-state index contributed by atoms with van der Waals surface area (Å²) < 4.78 is 0. The minimum absolute atomic E-state index is 0.240. The summed E-state index contributed by atoms with van der Waals surface area (Å²) in [6.07, 6.45) is 6.27. The first-order chi connectivity index (χ1) is 4.88. The Morgan fingerprint density at radius 2 is 2.20 bits per heavy atom. The average Bonchev–Trinajstić information content (AvgIpc) is 2.04. The van der Waals surface area contributed by atoms with Crippen LogP contribution >= 0.6 is 15.9 Å². The summed E-state index contributed by atoms with van der Waals surface area (Å²) >= 11 is 3.41. The number of rotatable bonds is 1. The summed E-state index contributed by atoms with van der Waals surface area (Å²) in [5.74, 6) is 0.777. The minimum atomic E-state index is 0.240. The summed E-state index contributed by atoms with van der Waals surface area (Å²) in [6.45, 7) is 0. The molecule has 0 heterocycles. The van der Waals surface area contributed by atoms with Crippen LogP contribution in [-0.4, -0.2) is 5.33 Å². The van der Waals surface area contributed by atoms with Gasteiger partial charge in [0, 0.05) is 5.33 Å². The van der Waals surface area contributed by atoms with Crippen LogP contribution in [0.3, 0.4) is 0 Å². The maximum Gasteiger partial charge on any atom is 0.0662 e. The maximum atomic E-state index is 8.69. The second kappa shape index (κ2) is 3.78. The smallest absolute Gasteiger partial charge is 0.0662 e. The van der Waals surface area contributed by atoms with Crippen molar-refractivity contribution in [2.24, 2.45) is 11.8 Å². The van der Waals surface area contributed by atoms with Gasteiger partial charge in [0.25, 0.3) is 0 Å². The number of hydrogen-bond donors (Lipinski definition) is 0. The van der Waals surface area contributed by atoms with Crippen molar-refractivity contribution in [1.29, 1.82) is 5.26 Å². The number of nitrogens with zero attached hydrogens (tertiary/aromatic N) is 1. The molecule has 0 spiro atoms. The fourth-order valence-electron chi connectivity index (χ4n) is 1.20. The second-order valence-electron chi connectivity index (χ2n) is 2.59. The number of allylic oxidation sites excluding steroid dienone is 2. The molecule has 0 radical (unpaired) electrons. The van der Waals surface area contributed by atoms with Crippen molar-refractivity contribution in [1.82, 2.24) is 0 Å². The lowest BCUT2D eigenvalue weighted by atomic mass is 9.86. The van der Waals surface area contributed by atoms with Crippen LogP contribution in [0.2, 0.25) is 0 Å². The van der Waals surface area contributed by atoms with Gasteiger partial charge in [-0.05, 0) is 18.8 Å². The summed E-state index contributed by atoms with van der Waals surface area (Å²) in [4.78, 5) is 0. The molecule has 0 saturated carbocycles. The Morgan fingerprint density at radius 1 is 1.50 bits per heavy atom. The number of halogens is 1. The molecule has 1 nitrogen and oxygen atoms in total. The van der Waals surface area contributed by atoms with E-state index in [-0.39, 0.29) is 5.92 Å². The van der Waals surface area contributed by atoms with E-state index in [9.17, 15) is 0 Å². The zero-order chi connectivity index (χ0) is 7.40. The van der Waals surface area contributed by atoms with Crippen LogP contribution in [0.5, 0.6) is 0 Å². The summed E-state index contributed by atoms with van der Waals surface area (Å²) in [5.41, 5.74) is 0. The largest absolute Gasteiger partial charge is 0.198 e. The molecule has 0 amide bonds. The van der Waals surface area contributed by atoms with E-state index in [0.717, 1.165) is 18.2 Å². The molecule has 0 unspecified atom stereocenters. The van der Waals surface area contributed by atoms with Gasteiger partial charge in [-0.1, -0.05) is 28.1 Å². The van der Waals surface area contributed by atoms with Gasteiger partial charge >= 0.3 is 0 Å². The van der Waals surface area contributed by atoms with Crippen molar-refractivity contribution < 1.29 is 0 Å². The molecule has 1 aliphatic rings. The molecule has 0 saturated heterocycles. The molecule has 0 aliphatic heterocycles. The van der Waals surface area contributed by atoms with Crippen molar-refractivity contribution >= 4 is 15.9 Å². The highest BCUT2D eigenvalue weighted by Crippen LogP contribution is 2.25. The molecule has 0 aromatic heterocycles. The molecular formula is C8H10BrN. The van der Waals surface area contributed by atoms with E-state index in [1.54, 1.807) is 0 Å². The Hall–Kier alpha value is -0.290. The van der Waals surface area contributed by atoms with Gasteiger partial charge < -0.3 is 0 Å². The highest BCUT2D eigenvalue weighted by atomic mass is 79.9. The van der Waals surface area contributed by atoms with Crippen LogP contribution in [0.15, 0.2) is 12.2 Å². The Labute approximate surface area is 69.9 Å². The van der Waals surface area contributed by atoms with Gasteiger partial charge in [-0.2, -0.15) is 5.26 Å². The zero-order valence-electron chi connectivity index (χ0n) is 5.76. The van der Waals surface area contributed by atoms with Gasteiger partial charge in [0.2, 0.25) is 0 Å². The molecule has 10 heavy (non-hydrogen) atoms. The van der Waals surface area contributed by atoms with Crippen molar-refractivity contribution in [2.75, 3.05) is 5.33 Å². The van der Waals surface area contributed by atoms with Crippen LogP contribution in [0.25, 0.3) is 0 Å². The SMILES string of the molecule is N#C[C@@H]1CC=CC[C@H]1CBr. The number of nitriles is 1. The normalized spacial score (nSPS) is 31.6. The topological polar surface area (TPSA) is 23.8 Å². The molecule has 1 rings (SSSR count). The molecule has 54 valence electrons. The van der Waals surface area contributed by atoms with Gasteiger partial charge in [0.1, 0.15) is 0 Å². The monoisotopic (exact) mass is 199 g/mol. The first-order valence-corrected chi connectivity index (χ1v) is 4.61. The van der Waals surface area contributed by atoms with Crippen LogP contribution in [0.4, 0.5) is 0 Å². The predicted octanol–water partition coefficient (Wildman–Crippen LogP) is 2.49. The molecule has 0 N–H and O–H groups in total. The van der Waals surface area contributed by atoms with Crippen LogP contribution < -0.4 is 0 Å². The standard InChI is InChI=1S/C8H10BrN/c9-5-7-3-1-2-4-8(7)6-10/h1-2,7-8H,3-5H2/t7-,8-/m0/s1. The Bertz CT molecular complexity index is 169. The molecular weight excluding hydrogens is 190 g/mol. The minimum Gasteiger partial charge on any atom is -0.198 e. The van der Waals surface area contributed by atoms with Crippen molar-refractivity contribution in [3.8, 4) is 6.07 Å². The van der Waals surface area contributed by atoms with Gasteiger partial charge in [-0.3, -0.25) is 0 Å². The van der Waals surface area contributed by atoms with E-state index >= 15 is 0 Å². The van der Waals surface area contributed by atoms with Crippen molar-refractivity contribution in [3.05, 3.63) is 12.2 Å². The number of hydrogen-bond acceptors (Lipinski definition) is 1. The van der Waals surface area contributed by atoms with Gasteiger partial charge in [0.05, 0.1) is 12.0 Å². The summed E-state index contributed by atoms with van der Waals surface area (Å²) in [7, 11) is 0. The van der Waals surface area contributed by atoms with E-state index in [0.29, 0.717) is 5.92 Å². The molecule has 0 bridgehead atoms. The van der Waals surface area contributed by atoms with Crippen LogP contribution in [0, 0.1) is 23.2 Å². The van der Waals surface area contributed by atoms with Gasteiger partial charge in [-0.15, -0.1) is 0 Å².